The lowest BCUT2D eigenvalue weighted by Crippen LogP contribution is -2.49. The minimum Gasteiger partial charge on any atom is -0.439 e. The van der Waals surface area contributed by atoms with E-state index in [-0.39, 0.29) is 5.88 Å². The molecule has 0 bridgehead atoms. The number of carbonyl (C=O) groups is 1. The number of alkyl halides is 3. The van der Waals surface area contributed by atoms with E-state index in [1.807, 2.05) is 25.1 Å². The number of halogens is 3. The maximum Gasteiger partial charge on any atom is 0.417 e. The van der Waals surface area contributed by atoms with Gasteiger partial charge in [-0.1, -0.05) is 6.07 Å². The van der Waals surface area contributed by atoms with Crippen LogP contribution in [0.3, 0.4) is 0 Å². The van der Waals surface area contributed by atoms with Crippen LogP contribution in [0.25, 0.3) is 0 Å². The van der Waals surface area contributed by atoms with E-state index in [0.29, 0.717) is 30.8 Å². The molecule has 0 aliphatic carbocycles. The summed E-state index contributed by atoms with van der Waals surface area (Å²) in [6.45, 7) is 5.23. The van der Waals surface area contributed by atoms with Crippen LogP contribution in [-0.4, -0.2) is 52.0 Å². The van der Waals surface area contributed by atoms with Crippen molar-refractivity contribution in [2.75, 3.05) is 26.2 Å². The molecule has 2 aromatic heterocycles. The normalized spacial score (nSPS) is 14.6. The molecule has 0 N–H and O–H groups in total. The minimum absolute atomic E-state index is 0.0245. The molecule has 3 heterocycles. The van der Waals surface area contributed by atoms with Crippen molar-refractivity contribution in [1.29, 1.82) is 0 Å². The molecule has 0 saturated carbocycles. The summed E-state index contributed by atoms with van der Waals surface area (Å²) in [5.74, 6) is 0.714. The largest absolute Gasteiger partial charge is 0.439 e. The molecule has 1 aromatic carbocycles. The predicted molar refractivity (Wildman–Crippen MR) is 118 cm³/mol. The lowest BCUT2D eigenvalue weighted by atomic mass is 10.2. The highest BCUT2D eigenvalue weighted by atomic mass is 19.4. The van der Waals surface area contributed by atoms with Crippen LogP contribution >= 0.6 is 0 Å². The van der Waals surface area contributed by atoms with Crippen LogP contribution in [0, 0.1) is 6.92 Å². The summed E-state index contributed by atoms with van der Waals surface area (Å²) in [6.07, 6.45) is -4.18. The van der Waals surface area contributed by atoms with Crippen LogP contribution in [0.4, 0.5) is 18.0 Å². The Balaban J connectivity index is 1.25. The van der Waals surface area contributed by atoms with Gasteiger partial charge in [-0.15, -0.1) is 0 Å². The van der Waals surface area contributed by atoms with E-state index in [1.54, 1.807) is 29.2 Å². The molecule has 4 rings (SSSR count). The van der Waals surface area contributed by atoms with E-state index in [2.05, 4.69) is 14.9 Å². The molecule has 0 radical (unpaired) electrons. The van der Waals surface area contributed by atoms with Crippen LogP contribution in [0.15, 0.2) is 60.8 Å². The third-order valence-corrected chi connectivity index (χ3v) is 5.28. The highest BCUT2D eigenvalue weighted by Crippen LogP contribution is 2.30. The molecular formula is C24H23F3N4O3. The first kappa shape index (κ1) is 23.5. The Hall–Kier alpha value is -3.66. The van der Waals surface area contributed by atoms with Crippen molar-refractivity contribution in [3.05, 3.63) is 77.7 Å². The smallest absolute Gasteiger partial charge is 0.417 e. The first-order valence-corrected chi connectivity index (χ1v) is 10.7. The first-order chi connectivity index (χ1) is 16.3. The zero-order valence-electron chi connectivity index (χ0n) is 18.5. The zero-order chi connectivity index (χ0) is 24.1. The van der Waals surface area contributed by atoms with Gasteiger partial charge in [-0.05, 0) is 49.4 Å². The standard InChI is InChI=1S/C24H23F3N4O3/c1-17-3-2-4-19(29-17)16-30-11-13-31(14-12-30)23(32)34-21-8-6-20(7-9-21)33-22-10-5-18(15-28-22)24(25,26)27/h2-10,15H,11-14,16H2,1H3. The van der Waals surface area contributed by atoms with Crippen molar-refractivity contribution in [3.8, 4) is 17.4 Å². The van der Waals surface area contributed by atoms with Crippen LogP contribution in [0.5, 0.6) is 17.4 Å². The molecule has 7 nitrogen and oxygen atoms in total. The quantitative estimate of drug-likeness (QED) is 0.526. The Kier molecular flexibility index (Phi) is 6.97. The number of carbonyl (C=O) groups excluding carboxylic acids is 1. The lowest BCUT2D eigenvalue weighted by Gasteiger charge is -2.33. The van der Waals surface area contributed by atoms with E-state index in [4.69, 9.17) is 9.47 Å². The van der Waals surface area contributed by atoms with E-state index in [1.165, 1.54) is 0 Å². The molecule has 1 aliphatic rings. The lowest BCUT2D eigenvalue weighted by molar-refractivity contribution is -0.137. The van der Waals surface area contributed by atoms with Crippen LogP contribution in [0.1, 0.15) is 17.0 Å². The van der Waals surface area contributed by atoms with Gasteiger partial charge >= 0.3 is 12.3 Å². The van der Waals surface area contributed by atoms with Gasteiger partial charge in [0.15, 0.2) is 0 Å². The Labute approximate surface area is 194 Å². The third kappa shape index (κ3) is 6.22. The number of aromatic nitrogens is 2. The average Bonchev–Trinajstić information content (AvgIpc) is 2.81. The molecule has 34 heavy (non-hydrogen) atoms. The van der Waals surface area contributed by atoms with Crippen LogP contribution in [0.2, 0.25) is 0 Å². The summed E-state index contributed by atoms with van der Waals surface area (Å²) >= 11 is 0. The van der Waals surface area contributed by atoms with Crippen LogP contribution < -0.4 is 9.47 Å². The zero-order valence-corrected chi connectivity index (χ0v) is 18.5. The highest BCUT2D eigenvalue weighted by molar-refractivity contribution is 5.70. The maximum absolute atomic E-state index is 12.6. The number of piperazine rings is 1. The Morgan fingerprint density at radius 3 is 2.29 bits per heavy atom. The van der Waals surface area contributed by atoms with Gasteiger partial charge in [0.1, 0.15) is 11.5 Å². The predicted octanol–water partition coefficient (Wildman–Crippen LogP) is 4.91. The Morgan fingerprint density at radius 2 is 1.68 bits per heavy atom. The number of hydrogen-bond donors (Lipinski definition) is 0. The molecule has 10 heteroatoms. The molecule has 1 aliphatic heterocycles. The summed E-state index contributed by atoms with van der Waals surface area (Å²) in [7, 11) is 0. The second-order valence-corrected chi connectivity index (χ2v) is 7.86. The summed E-state index contributed by atoms with van der Waals surface area (Å²) in [5, 5.41) is 0. The topological polar surface area (TPSA) is 67.8 Å². The number of nitrogens with zero attached hydrogens (tertiary/aromatic N) is 4. The molecular weight excluding hydrogens is 449 g/mol. The fourth-order valence-electron chi connectivity index (χ4n) is 3.48. The fourth-order valence-corrected chi connectivity index (χ4v) is 3.48. The molecule has 1 saturated heterocycles. The van der Waals surface area contributed by atoms with Gasteiger partial charge in [-0.25, -0.2) is 9.78 Å². The molecule has 0 unspecified atom stereocenters. The maximum atomic E-state index is 12.6. The monoisotopic (exact) mass is 472 g/mol. The van der Waals surface area contributed by atoms with Crippen molar-refractivity contribution >= 4 is 6.09 Å². The Bertz CT molecular complexity index is 1110. The van der Waals surface area contributed by atoms with Gasteiger partial charge in [0.25, 0.3) is 0 Å². The van der Waals surface area contributed by atoms with E-state index >= 15 is 0 Å². The number of rotatable bonds is 5. The molecule has 178 valence electrons. The SMILES string of the molecule is Cc1cccc(CN2CCN(C(=O)Oc3ccc(Oc4ccc(C(F)(F)F)cn4)cc3)CC2)n1. The molecule has 1 amide bonds. The number of aryl methyl sites for hydroxylation is 1. The van der Waals surface area contributed by atoms with Crippen molar-refractivity contribution in [2.45, 2.75) is 19.6 Å². The van der Waals surface area contributed by atoms with Gasteiger partial charge < -0.3 is 14.4 Å². The van der Waals surface area contributed by atoms with Crippen molar-refractivity contribution < 1.29 is 27.4 Å². The number of hydrogen-bond acceptors (Lipinski definition) is 6. The van der Waals surface area contributed by atoms with Crippen molar-refractivity contribution in [2.24, 2.45) is 0 Å². The number of amides is 1. The minimum atomic E-state index is -4.46. The van der Waals surface area contributed by atoms with Gasteiger partial charge in [-0.3, -0.25) is 9.88 Å². The summed E-state index contributed by atoms with van der Waals surface area (Å²) in [6, 6.07) is 14.2. The first-order valence-electron chi connectivity index (χ1n) is 10.7. The highest BCUT2D eigenvalue weighted by Gasteiger charge is 2.30. The number of benzene rings is 1. The molecule has 1 fully saturated rings. The molecule has 0 spiro atoms. The average molecular weight is 472 g/mol. The van der Waals surface area contributed by atoms with Gasteiger partial charge in [0.2, 0.25) is 5.88 Å². The summed E-state index contributed by atoms with van der Waals surface area (Å²) < 4.78 is 48.8. The van der Waals surface area contributed by atoms with Gasteiger partial charge in [0.05, 0.1) is 11.3 Å². The van der Waals surface area contributed by atoms with E-state index in [9.17, 15) is 18.0 Å². The van der Waals surface area contributed by atoms with Gasteiger partial charge in [0, 0.05) is 50.7 Å². The molecule has 0 atom stereocenters. The van der Waals surface area contributed by atoms with E-state index in [0.717, 1.165) is 43.2 Å². The Morgan fingerprint density at radius 1 is 0.971 bits per heavy atom. The summed E-state index contributed by atoms with van der Waals surface area (Å²) in [4.78, 5) is 24.6. The molecule has 3 aromatic rings. The summed E-state index contributed by atoms with van der Waals surface area (Å²) in [5.41, 5.74) is 1.13. The third-order valence-electron chi connectivity index (χ3n) is 5.28. The second-order valence-electron chi connectivity index (χ2n) is 7.86. The second kappa shape index (κ2) is 10.1. The number of pyridine rings is 2. The van der Waals surface area contributed by atoms with Crippen molar-refractivity contribution in [1.82, 2.24) is 19.8 Å². The van der Waals surface area contributed by atoms with Gasteiger partial charge in [-0.2, -0.15) is 13.2 Å². The fraction of sp³-hybridized carbons (Fsp3) is 0.292. The van der Waals surface area contributed by atoms with Crippen LogP contribution in [-0.2, 0) is 12.7 Å². The number of ether oxygens (including phenoxy) is 2. The van der Waals surface area contributed by atoms with E-state index < -0.39 is 17.8 Å². The van der Waals surface area contributed by atoms with Crippen molar-refractivity contribution in [3.63, 3.8) is 0 Å².